The number of furan rings is 1. The van der Waals surface area contributed by atoms with Gasteiger partial charge in [-0.1, -0.05) is 146 Å². The summed E-state index contributed by atoms with van der Waals surface area (Å²) in [6, 6.07) is 60.9. The molecule has 0 aliphatic rings. The van der Waals surface area contributed by atoms with Crippen molar-refractivity contribution < 1.29 is 4.42 Å². The van der Waals surface area contributed by atoms with Gasteiger partial charge in [0.25, 0.3) is 0 Å². The SMILES string of the molecule is c1ccc(-c2ccc(-c3ccc4oc5ccc(-c6c7ccccc7c(-c7ccccc7)c7ccccc67)cc5c4c3)cc2)cc1. The summed E-state index contributed by atoms with van der Waals surface area (Å²) in [6.45, 7) is 0. The molecule has 1 heteroatoms. The van der Waals surface area contributed by atoms with E-state index in [2.05, 4.69) is 170 Å². The van der Waals surface area contributed by atoms with Crippen LogP contribution in [0.15, 0.2) is 174 Å². The maximum absolute atomic E-state index is 6.36. The Hall–Kier alpha value is -5.92. The van der Waals surface area contributed by atoms with E-state index in [1.54, 1.807) is 0 Å². The van der Waals surface area contributed by atoms with Crippen molar-refractivity contribution in [1.29, 1.82) is 0 Å². The van der Waals surface area contributed by atoms with Crippen molar-refractivity contribution >= 4 is 43.5 Å². The monoisotopic (exact) mass is 572 g/mol. The van der Waals surface area contributed by atoms with E-state index in [4.69, 9.17) is 4.42 Å². The Labute approximate surface area is 261 Å². The first-order valence-corrected chi connectivity index (χ1v) is 15.4. The lowest BCUT2D eigenvalue weighted by atomic mass is 9.86. The first-order valence-electron chi connectivity index (χ1n) is 15.4. The molecule has 45 heavy (non-hydrogen) atoms. The Balaban J connectivity index is 1.23. The molecule has 0 radical (unpaired) electrons. The number of hydrogen-bond acceptors (Lipinski definition) is 1. The van der Waals surface area contributed by atoms with Gasteiger partial charge in [-0.15, -0.1) is 0 Å². The minimum Gasteiger partial charge on any atom is -0.456 e. The third-order valence-corrected chi connectivity index (χ3v) is 9.08. The van der Waals surface area contributed by atoms with Crippen molar-refractivity contribution in [2.45, 2.75) is 0 Å². The Morgan fingerprint density at radius 1 is 0.244 bits per heavy atom. The third-order valence-electron chi connectivity index (χ3n) is 9.08. The van der Waals surface area contributed by atoms with Gasteiger partial charge in [-0.25, -0.2) is 0 Å². The zero-order valence-corrected chi connectivity index (χ0v) is 24.6. The molecule has 9 rings (SSSR count). The van der Waals surface area contributed by atoms with Crippen molar-refractivity contribution in [3.8, 4) is 44.5 Å². The average molecular weight is 573 g/mol. The maximum atomic E-state index is 6.36. The first-order chi connectivity index (χ1) is 22.3. The molecule has 8 aromatic carbocycles. The van der Waals surface area contributed by atoms with Gasteiger partial charge in [-0.05, 0) is 90.3 Å². The van der Waals surface area contributed by atoms with E-state index in [1.165, 1.54) is 66.1 Å². The van der Waals surface area contributed by atoms with E-state index in [0.29, 0.717) is 0 Å². The molecule has 0 atom stereocenters. The summed E-state index contributed by atoms with van der Waals surface area (Å²) in [7, 11) is 0. The van der Waals surface area contributed by atoms with Crippen LogP contribution in [0.1, 0.15) is 0 Å². The molecule has 0 fully saturated rings. The van der Waals surface area contributed by atoms with E-state index in [-0.39, 0.29) is 0 Å². The standard InChI is InChI=1S/C44H28O/c1-3-11-29(12-4-1)30-19-21-31(22-20-30)33-23-25-41-39(27-33)40-28-34(24-26-42(40)45-41)44-37-17-9-7-15-35(37)43(32-13-5-2-6-14-32)36-16-8-10-18-38(36)44/h1-28H. The minimum atomic E-state index is 0.903. The second-order valence-corrected chi connectivity index (χ2v) is 11.7. The van der Waals surface area contributed by atoms with Gasteiger partial charge in [-0.2, -0.15) is 0 Å². The summed E-state index contributed by atoms with van der Waals surface area (Å²) in [5.41, 5.74) is 11.6. The van der Waals surface area contributed by atoms with Crippen LogP contribution in [0.4, 0.5) is 0 Å². The molecule has 1 aromatic heterocycles. The fourth-order valence-corrected chi connectivity index (χ4v) is 6.95. The number of benzene rings is 8. The van der Waals surface area contributed by atoms with Crippen LogP contribution in [0.5, 0.6) is 0 Å². The molecule has 0 bridgehead atoms. The highest BCUT2D eigenvalue weighted by molar-refractivity contribution is 6.22. The summed E-state index contributed by atoms with van der Waals surface area (Å²) in [4.78, 5) is 0. The molecule has 0 aliphatic heterocycles. The predicted octanol–water partition coefficient (Wildman–Crippen LogP) is 12.6. The van der Waals surface area contributed by atoms with Crippen LogP contribution in [0.2, 0.25) is 0 Å². The smallest absolute Gasteiger partial charge is 0.135 e. The summed E-state index contributed by atoms with van der Waals surface area (Å²) in [5.74, 6) is 0. The van der Waals surface area contributed by atoms with Gasteiger partial charge in [-0.3, -0.25) is 0 Å². The zero-order chi connectivity index (χ0) is 29.7. The molecule has 210 valence electrons. The van der Waals surface area contributed by atoms with E-state index >= 15 is 0 Å². The molecule has 0 N–H and O–H groups in total. The third kappa shape index (κ3) is 4.24. The molecule has 1 heterocycles. The Kier molecular flexibility index (Phi) is 5.89. The van der Waals surface area contributed by atoms with Gasteiger partial charge in [0.05, 0.1) is 0 Å². The summed E-state index contributed by atoms with van der Waals surface area (Å²) < 4.78 is 6.36. The maximum Gasteiger partial charge on any atom is 0.135 e. The van der Waals surface area contributed by atoms with Crippen LogP contribution >= 0.6 is 0 Å². The van der Waals surface area contributed by atoms with Crippen molar-refractivity contribution in [2.24, 2.45) is 0 Å². The number of hydrogen-bond donors (Lipinski definition) is 0. The lowest BCUT2D eigenvalue weighted by molar-refractivity contribution is 0.669. The second-order valence-electron chi connectivity index (χ2n) is 11.7. The highest BCUT2D eigenvalue weighted by Crippen LogP contribution is 2.45. The lowest BCUT2D eigenvalue weighted by Crippen LogP contribution is -1.90. The highest BCUT2D eigenvalue weighted by atomic mass is 16.3. The van der Waals surface area contributed by atoms with Crippen molar-refractivity contribution in [3.63, 3.8) is 0 Å². The molecule has 0 spiro atoms. The molecule has 1 nitrogen and oxygen atoms in total. The predicted molar refractivity (Wildman–Crippen MR) is 190 cm³/mol. The van der Waals surface area contributed by atoms with E-state index in [0.717, 1.165) is 21.9 Å². The van der Waals surface area contributed by atoms with Gasteiger partial charge in [0, 0.05) is 10.8 Å². The van der Waals surface area contributed by atoms with Crippen molar-refractivity contribution in [2.75, 3.05) is 0 Å². The molecular formula is C44H28O. The molecular weight excluding hydrogens is 544 g/mol. The Bertz CT molecular complexity index is 2450. The first kappa shape index (κ1) is 25.6. The van der Waals surface area contributed by atoms with Gasteiger partial charge in [0.2, 0.25) is 0 Å². The van der Waals surface area contributed by atoms with Gasteiger partial charge in [0.1, 0.15) is 11.2 Å². The lowest BCUT2D eigenvalue weighted by Gasteiger charge is -2.17. The zero-order valence-electron chi connectivity index (χ0n) is 24.6. The highest BCUT2D eigenvalue weighted by Gasteiger charge is 2.18. The molecule has 0 saturated heterocycles. The number of fused-ring (bicyclic) bond motifs is 5. The average Bonchev–Trinajstić information content (AvgIpc) is 3.48. The quantitative estimate of drug-likeness (QED) is 0.191. The summed E-state index contributed by atoms with van der Waals surface area (Å²) in [6.07, 6.45) is 0. The van der Waals surface area contributed by atoms with Crippen LogP contribution in [0.25, 0.3) is 88.0 Å². The van der Waals surface area contributed by atoms with Crippen LogP contribution in [-0.2, 0) is 0 Å². The fraction of sp³-hybridized carbons (Fsp3) is 0. The normalized spacial score (nSPS) is 11.6. The molecule has 0 unspecified atom stereocenters. The van der Waals surface area contributed by atoms with E-state index in [1.807, 2.05) is 0 Å². The van der Waals surface area contributed by atoms with Gasteiger partial charge in [0.15, 0.2) is 0 Å². The topological polar surface area (TPSA) is 13.1 Å². The van der Waals surface area contributed by atoms with Crippen LogP contribution in [0.3, 0.4) is 0 Å². The van der Waals surface area contributed by atoms with Crippen molar-refractivity contribution in [1.82, 2.24) is 0 Å². The Morgan fingerprint density at radius 2 is 0.600 bits per heavy atom. The minimum absolute atomic E-state index is 0.903. The molecule has 9 aromatic rings. The largest absolute Gasteiger partial charge is 0.456 e. The van der Waals surface area contributed by atoms with E-state index in [9.17, 15) is 0 Å². The van der Waals surface area contributed by atoms with Crippen LogP contribution in [0, 0.1) is 0 Å². The van der Waals surface area contributed by atoms with Crippen molar-refractivity contribution in [3.05, 3.63) is 170 Å². The van der Waals surface area contributed by atoms with Crippen LogP contribution in [-0.4, -0.2) is 0 Å². The Morgan fingerprint density at radius 3 is 1.13 bits per heavy atom. The second kappa shape index (κ2) is 10.4. The van der Waals surface area contributed by atoms with Crippen LogP contribution < -0.4 is 0 Å². The molecule has 0 saturated carbocycles. The van der Waals surface area contributed by atoms with Gasteiger partial charge >= 0.3 is 0 Å². The summed E-state index contributed by atoms with van der Waals surface area (Å²) >= 11 is 0. The summed E-state index contributed by atoms with van der Waals surface area (Å²) in [5, 5.41) is 7.28. The fourth-order valence-electron chi connectivity index (χ4n) is 6.95. The molecule has 0 aliphatic carbocycles. The van der Waals surface area contributed by atoms with Gasteiger partial charge < -0.3 is 4.42 Å². The molecule has 0 amide bonds. The van der Waals surface area contributed by atoms with E-state index < -0.39 is 0 Å². The number of rotatable bonds is 4.